The van der Waals surface area contributed by atoms with Crippen LogP contribution in [0.1, 0.15) is 11.1 Å². The van der Waals surface area contributed by atoms with Gasteiger partial charge in [-0.05, 0) is 49.2 Å². The highest BCUT2D eigenvalue weighted by molar-refractivity contribution is 8.00. The van der Waals surface area contributed by atoms with Crippen molar-refractivity contribution in [2.75, 3.05) is 12.4 Å². The third-order valence-electron chi connectivity index (χ3n) is 3.10. The molecule has 2 rings (SSSR count). The van der Waals surface area contributed by atoms with Gasteiger partial charge in [-0.1, -0.05) is 29.8 Å². The number of carbonyl (C=O) groups excluding carboxylic acids is 2. The quantitative estimate of drug-likeness (QED) is 0.598. The first-order valence-corrected chi connectivity index (χ1v) is 8.96. The van der Waals surface area contributed by atoms with Crippen LogP contribution in [-0.2, 0) is 9.59 Å². The van der Waals surface area contributed by atoms with Gasteiger partial charge in [0.05, 0.1) is 10.8 Å². The van der Waals surface area contributed by atoms with Crippen molar-refractivity contribution in [1.29, 1.82) is 0 Å². The molecule has 2 amide bonds. The Balaban J connectivity index is 1.70. The fraction of sp³-hybridized carbons (Fsp3) is 0.222. The summed E-state index contributed by atoms with van der Waals surface area (Å²) >= 11 is 7.31. The van der Waals surface area contributed by atoms with Crippen molar-refractivity contribution in [2.24, 2.45) is 0 Å². The highest BCUT2D eigenvalue weighted by atomic mass is 35.5. The maximum absolute atomic E-state index is 11.8. The summed E-state index contributed by atoms with van der Waals surface area (Å²) in [5.41, 5.74) is 6.78. The second-order valence-corrected chi connectivity index (χ2v) is 6.85. The van der Waals surface area contributed by atoms with E-state index < -0.39 is 5.91 Å². The third-order valence-corrected chi connectivity index (χ3v) is 4.62. The second-order valence-electron chi connectivity index (χ2n) is 5.43. The zero-order valence-electron chi connectivity index (χ0n) is 14.0. The van der Waals surface area contributed by atoms with Gasteiger partial charge in [0.15, 0.2) is 6.61 Å². The van der Waals surface area contributed by atoms with Gasteiger partial charge < -0.3 is 4.74 Å². The van der Waals surface area contributed by atoms with Crippen LogP contribution in [-0.4, -0.2) is 24.2 Å². The minimum Gasteiger partial charge on any atom is -0.484 e. The van der Waals surface area contributed by atoms with Crippen molar-refractivity contribution in [1.82, 2.24) is 10.9 Å². The van der Waals surface area contributed by atoms with Crippen molar-refractivity contribution in [2.45, 2.75) is 18.7 Å². The number of halogens is 1. The zero-order chi connectivity index (χ0) is 18.2. The molecule has 0 saturated carbocycles. The number of hydrazine groups is 1. The highest BCUT2D eigenvalue weighted by Crippen LogP contribution is 2.26. The van der Waals surface area contributed by atoms with Crippen molar-refractivity contribution < 1.29 is 14.3 Å². The van der Waals surface area contributed by atoms with E-state index in [0.29, 0.717) is 10.8 Å². The van der Waals surface area contributed by atoms with Crippen molar-refractivity contribution >= 4 is 35.2 Å². The van der Waals surface area contributed by atoms with E-state index in [0.717, 1.165) is 16.0 Å². The summed E-state index contributed by atoms with van der Waals surface area (Å²) in [5.74, 6) is -0.00439. The molecule has 0 atom stereocenters. The molecule has 0 bridgehead atoms. The summed E-state index contributed by atoms with van der Waals surface area (Å²) in [4.78, 5) is 24.3. The van der Waals surface area contributed by atoms with E-state index in [1.165, 1.54) is 11.8 Å². The lowest BCUT2D eigenvalue weighted by Crippen LogP contribution is -2.44. The molecule has 132 valence electrons. The van der Waals surface area contributed by atoms with Crippen LogP contribution in [0.25, 0.3) is 0 Å². The maximum atomic E-state index is 11.8. The Labute approximate surface area is 156 Å². The number of carbonyl (C=O) groups is 2. The number of ether oxygens (including phenoxy) is 1. The molecular weight excluding hydrogens is 360 g/mol. The van der Waals surface area contributed by atoms with Gasteiger partial charge in [-0.3, -0.25) is 20.4 Å². The lowest BCUT2D eigenvalue weighted by Gasteiger charge is -2.10. The predicted molar refractivity (Wildman–Crippen MR) is 99.9 cm³/mol. The molecule has 0 aliphatic carbocycles. The van der Waals surface area contributed by atoms with Gasteiger partial charge in [-0.15, -0.1) is 11.8 Å². The first kappa shape index (κ1) is 19.1. The molecule has 0 heterocycles. The lowest BCUT2D eigenvalue weighted by molar-refractivity contribution is -0.128. The van der Waals surface area contributed by atoms with E-state index in [-0.39, 0.29) is 18.3 Å². The van der Waals surface area contributed by atoms with Crippen LogP contribution in [0.15, 0.2) is 47.4 Å². The summed E-state index contributed by atoms with van der Waals surface area (Å²) in [5, 5.41) is 0.589. The van der Waals surface area contributed by atoms with Gasteiger partial charge in [-0.25, -0.2) is 0 Å². The van der Waals surface area contributed by atoms with Crippen LogP contribution in [0.5, 0.6) is 5.75 Å². The summed E-state index contributed by atoms with van der Waals surface area (Å²) in [6.45, 7) is 3.73. The van der Waals surface area contributed by atoms with Gasteiger partial charge in [0.25, 0.3) is 5.91 Å². The Bertz CT molecular complexity index is 747. The summed E-state index contributed by atoms with van der Waals surface area (Å²) in [6.07, 6.45) is 0. The molecule has 2 aromatic rings. The molecule has 0 aromatic heterocycles. The van der Waals surface area contributed by atoms with Crippen LogP contribution < -0.4 is 15.6 Å². The fourth-order valence-corrected chi connectivity index (χ4v) is 3.12. The summed E-state index contributed by atoms with van der Waals surface area (Å²) in [7, 11) is 0. The summed E-state index contributed by atoms with van der Waals surface area (Å²) in [6, 6.07) is 13.0. The Kier molecular flexibility index (Phi) is 7.16. The SMILES string of the molecule is Cc1cc(C)cc(OCC(=O)NNC(=O)CSc2ccccc2Cl)c1. The molecule has 25 heavy (non-hydrogen) atoms. The first-order valence-electron chi connectivity index (χ1n) is 7.60. The number of rotatable bonds is 6. The second kappa shape index (κ2) is 9.34. The molecular formula is C18H19ClN2O3S. The first-order chi connectivity index (χ1) is 11.9. The van der Waals surface area contributed by atoms with Crippen molar-refractivity contribution in [3.63, 3.8) is 0 Å². The number of nitrogens with one attached hydrogen (secondary N) is 2. The maximum Gasteiger partial charge on any atom is 0.276 e. The van der Waals surface area contributed by atoms with Crippen LogP contribution in [0.2, 0.25) is 5.02 Å². The Morgan fingerprint density at radius 2 is 1.68 bits per heavy atom. The van der Waals surface area contributed by atoms with E-state index in [1.807, 2.05) is 50.2 Å². The fourth-order valence-electron chi connectivity index (χ4n) is 2.08. The van der Waals surface area contributed by atoms with Gasteiger partial charge in [-0.2, -0.15) is 0 Å². The number of hydrogen-bond donors (Lipinski definition) is 2. The number of thioether (sulfide) groups is 1. The Morgan fingerprint density at radius 3 is 2.36 bits per heavy atom. The normalized spacial score (nSPS) is 10.2. The Hall–Kier alpha value is -2.18. The molecule has 0 aliphatic rings. The molecule has 0 saturated heterocycles. The molecule has 5 nitrogen and oxygen atoms in total. The van der Waals surface area contributed by atoms with Crippen molar-refractivity contribution in [3.8, 4) is 5.75 Å². The van der Waals surface area contributed by atoms with Gasteiger partial charge in [0.1, 0.15) is 5.75 Å². The molecule has 0 radical (unpaired) electrons. The van der Waals surface area contributed by atoms with Gasteiger partial charge in [0.2, 0.25) is 5.91 Å². The average Bonchev–Trinajstić information content (AvgIpc) is 2.56. The molecule has 2 aromatic carbocycles. The van der Waals surface area contributed by atoms with E-state index in [2.05, 4.69) is 10.9 Å². The number of benzene rings is 2. The number of amides is 2. The third kappa shape index (κ3) is 6.68. The number of hydrogen-bond acceptors (Lipinski definition) is 4. The average molecular weight is 379 g/mol. The standard InChI is InChI=1S/C18H19ClN2O3S/c1-12-7-13(2)9-14(8-12)24-10-17(22)20-21-18(23)11-25-16-6-4-3-5-15(16)19/h3-9H,10-11H2,1-2H3,(H,20,22)(H,21,23). The molecule has 0 fully saturated rings. The van der Waals surface area contributed by atoms with Crippen LogP contribution in [0.4, 0.5) is 0 Å². The Morgan fingerprint density at radius 1 is 1.04 bits per heavy atom. The monoisotopic (exact) mass is 378 g/mol. The van der Waals surface area contributed by atoms with Crippen molar-refractivity contribution in [3.05, 3.63) is 58.6 Å². The molecule has 0 aliphatic heterocycles. The topological polar surface area (TPSA) is 67.4 Å². The smallest absolute Gasteiger partial charge is 0.276 e. The summed E-state index contributed by atoms with van der Waals surface area (Å²) < 4.78 is 5.42. The molecule has 0 unspecified atom stereocenters. The zero-order valence-corrected chi connectivity index (χ0v) is 15.5. The highest BCUT2D eigenvalue weighted by Gasteiger charge is 2.08. The van der Waals surface area contributed by atoms with Crippen LogP contribution in [0.3, 0.4) is 0 Å². The largest absolute Gasteiger partial charge is 0.484 e. The van der Waals surface area contributed by atoms with Crippen LogP contribution in [0, 0.1) is 13.8 Å². The molecule has 7 heteroatoms. The van der Waals surface area contributed by atoms with Crippen LogP contribution >= 0.6 is 23.4 Å². The predicted octanol–water partition coefficient (Wildman–Crippen LogP) is 3.28. The molecule has 2 N–H and O–H groups in total. The van der Waals surface area contributed by atoms with E-state index in [9.17, 15) is 9.59 Å². The van der Waals surface area contributed by atoms with E-state index >= 15 is 0 Å². The van der Waals surface area contributed by atoms with Gasteiger partial charge in [0, 0.05) is 4.90 Å². The minimum atomic E-state index is -0.435. The molecule has 0 spiro atoms. The van der Waals surface area contributed by atoms with Gasteiger partial charge >= 0.3 is 0 Å². The van der Waals surface area contributed by atoms with E-state index in [1.54, 1.807) is 6.07 Å². The minimum absolute atomic E-state index is 0.141. The number of aryl methyl sites for hydroxylation is 2. The van der Waals surface area contributed by atoms with E-state index in [4.69, 9.17) is 16.3 Å². The lowest BCUT2D eigenvalue weighted by atomic mass is 10.1.